The quantitative estimate of drug-likeness (QED) is 0.615. The number of aryl methyl sites for hydroxylation is 1. The Morgan fingerprint density at radius 3 is 2.09 bits per heavy atom. The van der Waals surface area contributed by atoms with Crippen molar-refractivity contribution in [1.82, 2.24) is 0 Å². The van der Waals surface area contributed by atoms with Gasteiger partial charge in [0.25, 0.3) is 0 Å². The van der Waals surface area contributed by atoms with Gasteiger partial charge in [0, 0.05) is 17.5 Å². The number of aromatic nitrogens is 1. The van der Waals surface area contributed by atoms with E-state index in [1.807, 2.05) is 11.3 Å². The minimum absolute atomic E-state index is 0.556. The van der Waals surface area contributed by atoms with Gasteiger partial charge < -0.3 is 0 Å². The molecule has 0 saturated heterocycles. The summed E-state index contributed by atoms with van der Waals surface area (Å²) in [5.41, 5.74) is 8.41. The monoisotopic (exact) mass is 328 g/mol. The highest BCUT2D eigenvalue weighted by molar-refractivity contribution is 7.09. The molecular formula is C21H30NS+. The van der Waals surface area contributed by atoms with Crippen LogP contribution in [-0.2, 0) is 12.8 Å². The summed E-state index contributed by atoms with van der Waals surface area (Å²) < 4.78 is 2.55. The highest BCUT2D eigenvalue weighted by Crippen LogP contribution is 2.30. The van der Waals surface area contributed by atoms with E-state index in [0.29, 0.717) is 11.8 Å². The lowest BCUT2D eigenvalue weighted by Gasteiger charge is -2.15. The Hall–Kier alpha value is -1.15. The summed E-state index contributed by atoms with van der Waals surface area (Å²) in [7, 11) is 0. The lowest BCUT2D eigenvalue weighted by Crippen LogP contribution is -2.36. The van der Waals surface area contributed by atoms with Gasteiger partial charge in [-0.3, -0.25) is 0 Å². The van der Waals surface area contributed by atoms with Gasteiger partial charge in [-0.05, 0) is 31.1 Å². The molecule has 3 rings (SSSR count). The fourth-order valence-corrected chi connectivity index (χ4v) is 4.82. The number of fused-ring (bicyclic) bond motifs is 1. The number of para-hydroxylation sites is 1. The highest BCUT2D eigenvalue weighted by Gasteiger charge is 2.28. The van der Waals surface area contributed by atoms with Crippen LogP contribution >= 0.6 is 11.3 Å². The Morgan fingerprint density at radius 2 is 1.48 bits per heavy atom. The van der Waals surface area contributed by atoms with Gasteiger partial charge in [0.2, 0.25) is 16.9 Å². The standard InChI is InChI=1S/C21H30NS/c1-15(2)17-10-9-11-18(16(3)4)21(17)22-14-23-20-13-8-6-5-7-12-19(20)22/h9-11,14-16H,5-8,12-13H2,1-4H3/q+1. The summed E-state index contributed by atoms with van der Waals surface area (Å²) in [5, 5.41) is 0. The first-order chi connectivity index (χ1) is 11.1. The van der Waals surface area contributed by atoms with Crippen LogP contribution in [0.3, 0.4) is 0 Å². The zero-order valence-corrected chi connectivity index (χ0v) is 15.9. The molecule has 0 N–H and O–H groups in total. The van der Waals surface area contributed by atoms with E-state index in [1.165, 1.54) is 55.3 Å². The first-order valence-corrected chi connectivity index (χ1v) is 10.1. The van der Waals surface area contributed by atoms with Crippen molar-refractivity contribution in [2.45, 2.75) is 78.1 Å². The van der Waals surface area contributed by atoms with Gasteiger partial charge in [-0.25, -0.2) is 0 Å². The molecule has 0 fully saturated rings. The van der Waals surface area contributed by atoms with E-state index in [9.17, 15) is 0 Å². The van der Waals surface area contributed by atoms with Crippen molar-refractivity contribution in [2.75, 3.05) is 0 Å². The van der Waals surface area contributed by atoms with Crippen molar-refractivity contribution < 1.29 is 4.57 Å². The number of hydrogen-bond donors (Lipinski definition) is 0. The van der Waals surface area contributed by atoms with Gasteiger partial charge in [0.05, 0.1) is 4.88 Å². The Labute approximate surface area is 145 Å². The fourth-order valence-electron chi connectivity index (χ4n) is 3.75. The highest BCUT2D eigenvalue weighted by atomic mass is 32.1. The number of hydrogen-bond acceptors (Lipinski definition) is 1. The molecule has 1 heterocycles. The minimum atomic E-state index is 0.556. The third kappa shape index (κ3) is 3.38. The average Bonchev–Trinajstić information content (AvgIpc) is 2.87. The van der Waals surface area contributed by atoms with E-state index in [1.54, 1.807) is 10.6 Å². The lowest BCUT2D eigenvalue weighted by molar-refractivity contribution is -0.600. The summed E-state index contributed by atoms with van der Waals surface area (Å²) in [5.74, 6) is 1.11. The molecule has 0 unspecified atom stereocenters. The van der Waals surface area contributed by atoms with Gasteiger partial charge in [-0.15, -0.1) is 0 Å². The first kappa shape index (κ1) is 16.7. The molecular weight excluding hydrogens is 298 g/mol. The van der Waals surface area contributed by atoms with Gasteiger partial charge >= 0.3 is 0 Å². The van der Waals surface area contributed by atoms with E-state index in [0.717, 1.165) is 0 Å². The summed E-state index contributed by atoms with van der Waals surface area (Å²) in [4.78, 5) is 1.62. The van der Waals surface area contributed by atoms with E-state index in [-0.39, 0.29) is 0 Å². The second-order valence-electron chi connectivity index (χ2n) is 7.47. The topological polar surface area (TPSA) is 3.88 Å². The molecule has 124 valence electrons. The molecule has 0 radical (unpaired) electrons. The second kappa shape index (κ2) is 7.17. The van der Waals surface area contributed by atoms with Gasteiger partial charge in [-0.2, -0.15) is 4.57 Å². The molecule has 1 nitrogen and oxygen atoms in total. The van der Waals surface area contributed by atoms with Crippen molar-refractivity contribution in [3.05, 3.63) is 45.4 Å². The van der Waals surface area contributed by atoms with Crippen LogP contribution in [0, 0.1) is 0 Å². The van der Waals surface area contributed by atoms with E-state index >= 15 is 0 Å². The Kier molecular flexibility index (Phi) is 5.21. The first-order valence-electron chi connectivity index (χ1n) is 9.23. The summed E-state index contributed by atoms with van der Waals surface area (Å²) in [6, 6.07) is 6.89. The Morgan fingerprint density at radius 1 is 0.870 bits per heavy atom. The SMILES string of the molecule is CC(C)c1cccc(C(C)C)c1-[n+]1csc2c1CCCCCC2. The minimum Gasteiger partial charge on any atom is -0.153 e. The summed E-state index contributed by atoms with van der Waals surface area (Å²) >= 11 is 1.97. The van der Waals surface area contributed by atoms with Crippen molar-refractivity contribution in [3.63, 3.8) is 0 Å². The van der Waals surface area contributed by atoms with Crippen LogP contribution in [0.25, 0.3) is 5.69 Å². The second-order valence-corrected chi connectivity index (χ2v) is 8.41. The molecule has 2 aromatic rings. The molecule has 1 aliphatic rings. The predicted octanol–water partition coefficient (Wildman–Crippen LogP) is 5.93. The maximum atomic E-state index is 2.55. The molecule has 0 saturated carbocycles. The van der Waals surface area contributed by atoms with Crippen LogP contribution in [0.5, 0.6) is 0 Å². The van der Waals surface area contributed by atoms with Crippen LogP contribution in [0.1, 0.15) is 86.9 Å². The summed E-state index contributed by atoms with van der Waals surface area (Å²) in [6.07, 6.45) is 7.99. The maximum absolute atomic E-state index is 2.55. The van der Waals surface area contributed by atoms with Crippen LogP contribution in [0.4, 0.5) is 0 Å². The average molecular weight is 329 g/mol. The molecule has 0 spiro atoms. The van der Waals surface area contributed by atoms with Crippen molar-refractivity contribution in [2.24, 2.45) is 0 Å². The zero-order valence-electron chi connectivity index (χ0n) is 15.1. The predicted molar refractivity (Wildman–Crippen MR) is 99.9 cm³/mol. The number of nitrogens with zero attached hydrogens (tertiary/aromatic N) is 1. The van der Waals surface area contributed by atoms with Crippen LogP contribution in [0.2, 0.25) is 0 Å². The number of benzene rings is 1. The van der Waals surface area contributed by atoms with Crippen molar-refractivity contribution in [3.8, 4) is 5.69 Å². The largest absolute Gasteiger partial charge is 0.231 e. The number of rotatable bonds is 3. The molecule has 1 aromatic heterocycles. The van der Waals surface area contributed by atoms with Crippen molar-refractivity contribution >= 4 is 11.3 Å². The molecule has 0 atom stereocenters. The Bertz CT molecular complexity index is 640. The maximum Gasteiger partial charge on any atom is 0.231 e. The molecule has 1 aliphatic carbocycles. The molecule has 0 aliphatic heterocycles. The van der Waals surface area contributed by atoms with Crippen LogP contribution in [-0.4, -0.2) is 0 Å². The van der Waals surface area contributed by atoms with Gasteiger partial charge in [0.15, 0.2) is 0 Å². The normalized spacial score (nSPS) is 15.6. The van der Waals surface area contributed by atoms with Crippen LogP contribution in [0.15, 0.2) is 23.7 Å². The van der Waals surface area contributed by atoms with E-state index in [4.69, 9.17) is 0 Å². The van der Waals surface area contributed by atoms with Crippen LogP contribution < -0.4 is 4.57 Å². The van der Waals surface area contributed by atoms with Gasteiger partial charge in [-0.1, -0.05) is 70.1 Å². The van der Waals surface area contributed by atoms with Crippen molar-refractivity contribution in [1.29, 1.82) is 0 Å². The lowest BCUT2D eigenvalue weighted by atomic mass is 9.92. The molecule has 0 amide bonds. The summed E-state index contributed by atoms with van der Waals surface area (Å²) in [6.45, 7) is 9.28. The van der Waals surface area contributed by atoms with E-state index < -0.39 is 0 Å². The fraction of sp³-hybridized carbons (Fsp3) is 0.571. The molecule has 1 aromatic carbocycles. The molecule has 0 bridgehead atoms. The smallest absolute Gasteiger partial charge is 0.153 e. The zero-order chi connectivity index (χ0) is 16.4. The third-order valence-electron chi connectivity index (χ3n) is 5.06. The molecule has 2 heteroatoms. The molecule has 23 heavy (non-hydrogen) atoms. The Balaban J connectivity index is 2.18. The van der Waals surface area contributed by atoms with Gasteiger partial charge in [0.1, 0.15) is 0 Å². The third-order valence-corrected chi connectivity index (χ3v) is 6.10. The number of thiazole rings is 1. The van der Waals surface area contributed by atoms with E-state index in [2.05, 4.69) is 56.0 Å².